The smallest absolute Gasteiger partial charge is 0.258 e. The average molecular weight is 393 g/mol. The normalized spacial score (nSPS) is 15.7. The Morgan fingerprint density at radius 2 is 1.71 bits per heavy atom. The van der Waals surface area contributed by atoms with Crippen LogP contribution in [-0.4, -0.2) is 17.4 Å². The second-order valence-corrected chi connectivity index (χ2v) is 7.09. The van der Waals surface area contributed by atoms with Crippen LogP contribution in [0.3, 0.4) is 0 Å². The van der Waals surface area contributed by atoms with E-state index in [1.165, 1.54) is 0 Å². The first-order valence-corrected chi connectivity index (χ1v) is 9.67. The van der Waals surface area contributed by atoms with Gasteiger partial charge in [0.15, 0.2) is 0 Å². The number of carbonyl (C=O) groups is 1. The van der Waals surface area contributed by atoms with Crippen molar-refractivity contribution < 1.29 is 9.53 Å². The number of hydrogen-bond donors (Lipinski definition) is 1. The van der Waals surface area contributed by atoms with Crippen molar-refractivity contribution in [3.8, 4) is 5.75 Å². The lowest BCUT2D eigenvalue weighted by molar-refractivity contribution is 0.0666. The van der Waals surface area contributed by atoms with E-state index in [0.29, 0.717) is 23.7 Å². The molecule has 1 N–H and O–H groups in total. The van der Waals surface area contributed by atoms with E-state index in [0.717, 1.165) is 22.6 Å². The van der Waals surface area contributed by atoms with E-state index in [9.17, 15) is 4.79 Å². The van der Waals surface area contributed by atoms with Gasteiger partial charge in [0.05, 0.1) is 12.2 Å². The largest absolute Gasteiger partial charge is 0.494 e. The van der Waals surface area contributed by atoms with Gasteiger partial charge in [-0.3, -0.25) is 4.79 Å². The quantitative estimate of drug-likeness (QED) is 0.622. The van der Waals surface area contributed by atoms with Crippen LogP contribution in [0.4, 0.5) is 5.69 Å². The molecule has 4 nitrogen and oxygen atoms in total. The number of amides is 1. The first kappa shape index (κ1) is 18.4. The Kier molecular flexibility index (Phi) is 5.22. The highest BCUT2D eigenvalue weighted by Gasteiger charge is 2.32. The summed E-state index contributed by atoms with van der Waals surface area (Å²) in [7, 11) is 0. The lowest BCUT2D eigenvalue weighted by atomic mass is 10.0. The predicted octanol–water partition coefficient (Wildman–Crippen LogP) is 5.51. The van der Waals surface area contributed by atoms with E-state index in [4.69, 9.17) is 16.3 Å². The van der Waals surface area contributed by atoms with Gasteiger partial charge in [0.25, 0.3) is 5.91 Å². The molecule has 0 aromatic heterocycles. The van der Waals surface area contributed by atoms with E-state index >= 15 is 0 Å². The summed E-state index contributed by atoms with van der Waals surface area (Å²) >= 11 is 6.01. The van der Waals surface area contributed by atoms with E-state index in [1.54, 1.807) is 0 Å². The summed E-state index contributed by atoms with van der Waals surface area (Å²) in [5.41, 5.74) is 3.55. The molecule has 1 aliphatic heterocycles. The molecule has 0 aliphatic carbocycles. The maximum Gasteiger partial charge on any atom is 0.258 e. The minimum atomic E-state index is -0.270. The standard InChI is InChI=1S/C23H21ClN2O2/c1-2-28-19-13-9-17(10-14-19)22-25-21-6-4-3-5-20(21)23(27)26(22)15-16-7-11-18(24)12-8-16/h3-14,22,25H,2,15H2,1H3/t22-/m0/s1. The zero-order chi connectivity index (χ0) is 19.5. The number of nitrogens with one attached hydrogen (secondary N) is 1. The van der Waals surface area contributed by atoms with Crippen LogP contribution in [-0.2, 0) is 6.54 Å². The molecule has 0 bridgehead atoms. The van der Waals surface area contributed by atoms with Crippen LogP contribution >= 0.6 is 11.6 Å². The number of benzene rings is 3. The number of carbonyl (C=O) groups excluding carboxylic acids is 1. The van der Waals surface area contributed by atoms with Crippen LogP contribution in [0, 0.1) is 0 Å². The lowest BCUT2D eigenvalue weighted by Crippen LogP contribution is -2.42. The second-order valence-electron chi connectivity index (χ2n) is 6.65. The van der Waals surface area contributed by atoms with Gasteiger partial charge in [0.2, 0.25) is 0 Å². The Morgan fingerprint density at radius 1 is 1.00 bits per heavy atom. The highest BCUT2D eigenvalue weighted by atomic mass is 35.5. The maximum absolute atomic E-state index is 13.3. The summed E-state index contributed by atoms with van der Waals surface area (Å²) in [4.78, 5) is 15.1. The molecular formula is C23H21ClN2O2. The van der Waals surface area contributed by atoms with Crippen LogP contribution in [0.2, 0.25) is 5.02 Å². The number of halogens is 1. The molecule has 0 fully saturated rings. The first-order chi connectivity index (χ1) is 13.7. The lowest BCUT2D eigenvalue weighted by Gasteiger charge is -2.38. The summed E-state index contributed by atoms with van der Waals surface area (Å²) in [6.07, 6.45) is -0.270. The molecule has 1 heterocycles. The topological polar surface area (TPSA) is 41.6 Å². The van der Waals surface area contributed by atoms with Crippen LogP contribution in [0.25, 0.3) is 0 Å². The molecular weight excluding hydrogens is 372 g/mol. The number of anilines is 1. The molecule has 0 spiro atoms. The third-order valence-electron chi connectivity index (χ3n) is 4.80. The molecule has 142 valence electrons. The summed E-state index contributed by atoms with van der Waals surface area (Å²) in [6.45, 7) is 3.06. The Hall–Kier alpha value is -2.98. The zero-order valence-corrected chi connectivity index (χ0v) is 16.3. The van der Waals surface area contributed by atoms with Gasteiger partial charge >= 0.3 is 0 Å². The van der Waals surface area contributed by atoms with Crippen molar-refractivity contribution in [1.29, 1.82) is 0 Å². The number of rotatable bonds is 5. The second kappa shape index (κ2) is 7.95. The Morgan fingerprint density at radius 3 is 2.43 bits per heavy atom. The van der Waals surface area contributed by atoms with Crippen molar-refractivity contribution in [2.24, 2.45) is 0 Å². The van der Waals surface area contributed by atoms with Crippen LogP contribution in [0.15, 0.2) is 72.8 Å². The van der Waals surface area contributed by atoms with Crippen LogP contribution in [0.5, 0.6) is 5.75 Å². The fourth-order valence-electron chi connectivity index (χ4n) is 3.42. The van der Waals surface area contributed by atoms with Crippen LogP contribution in [0.1, 0.15) is 34.6 Å². The summed E-state index contributed by atoms with van der Waals surface area (Å²) in [5.74, 6) is 0.821. The van der Waals surface area contributed by atoms with E-state index in [-0.39, 0.29) is 12.1 Å². The van der Waals surface area contributed by atoms with Gasteiger partial charge in [-0.15, -0.1) is 0 Å². The fraction of sp³-hybridized carbons (Fsp3) is 0.174. The SMILES string of the molecule is CCOc1ccc([C@H]2Nc3ccccc3C(=O)N2Cc2ccc(Cl)cc2)cc1. The Balaban J connectivity index is 1.70. The molecule has 28 heavy (non-hydrogen) atoms. The molecule has 0 saturated heterocycles. The summed E-state index contributed by atoms with van der Waals surface area (Å²) < 4.78 is 5.55. The Bertz CT molecular complexity index is 971. The van der Waals surface area contributed by atoms with E-state index < -0.39 is 0 Å². The van der Waals surface area contributed by atoms with Gasteiger partial charge in [-0.1, -0.05) is 48.0 Å². The minimum absolute atomic E-state index is 0.00295. The number of hydrogen-bond acceptors (Lipinski definition) is 3. The monoisotopic (exact) mass is 392 g/mol. The number of nitrogens with zero attached hydrogens (tertiary/aromatic N) is 1. The molecule has 1 atom stereocenters. The van der Waals surface area contributed by atoms with Crippen molar-refractivity contribution in [2.75, 3.05) is 11.9 Å². The van der Waals surface area contributed by atoms with Crippen molar-refractivity contribution >= 4 is 23.2 Å². The minimum Gasteiger partial charge on any atom is -0.494 e. The first-order valence-electron chi connectivity index (χ1n) is 9.29. The molecule has 1 amide bonds. The molecule has 4 rings (SSSR count). The van der Waals surface area contributed by atoms with Gasteiger partial charge in [0.1, 0.15) is 11.9 Å². The maximum atomic E-state index is 13.3. The third-order valence-corrected chi connectivity index (χ3v) is 5.05. The van der Waals surface area contributed by atoms with Crippen molar-refractivity contribution in [2.45, 2.75) is 19.6 Å². The van der Waals surface area contributed by atoms with Gasteiger partial charge in [-0.2, -0.15) is 0 Å². The molecule has 3 aromatic carbocycles. The molecule has 3 aromatic rings. The highest BCUT2D eigenvalue weighted by Crippen LogP contribution is 2.34. The average Bonchev–Trinajstić information content (AvgIpc) is 2.72. The van der Waals surface area contributed by atoms with Crippen molar-refractivity contribution in [1.82, 2.24) is 4.90 Å². The molecule has 0 unspecified atom stereocenters. The number of para-hydroxylation sites is 1. The van der Waals surface area contributed by atoms with Gasteiger partial charge in [-0.05, 0) is 54.4 Å². The zero-order valence-electron chi connectivity index (χ0n) is 15.6. The van der Waals surface area contributed by atoms with E-state index in [1.807, 2.05) is 84.6 Å². The van der Waals surface area contributed by atoms with Crippen molar-refractivity contribution in [3.05, 3.63) is 94.5 Å². The number of fused-ring (bicyclic) bond motifs is 1. The number of ether oxygens (including phenoxy) is 1. The van der Waals surface area contributed by atoms with Gasteiger partial charge < -0.3 is 15.0 Å². The van der Waals surface area contributed by atoms with Gasteiger partial charge in [0, 0.05) is 17.3 Å². The summed E-state index contributed by atoms with van der Waals surface area (Å²) in [6, 6.07) is 23.1. The molecule has 5 heteroatoms. The molecule has 1 aliphatic rings. The predicted molar refractivity (Wildman–Crippen MR) is 112 cm³/mol. The summed E-state index contributed by atoms with van der Waals surface area (Å²) in [5, 5.41) is 4.20. The van der Waals surface area contributed by atoms with Gasteiger partial charge in [-0.25, -0.2) is 0 Å². The van der Waals surface area contributed by atoms with Crippen LogP contribution < -0.4 is 10.1 Å². The molecule has 0 radical (unpaired) electrons. The van der Waals surface area contributed by atoms with E-state index in [2.05, 4.69) is 5.32 Å². The Labute approximate surface area is 169 Å². The third kappa shape index (κ3) is 3.69. The highest BCUT2D eigenvalue weighted by molar-refractivity contribution is 6.30. The fourth-order valence-corrected chi connectivity index (χ4v) is 3.54. The molecule has 0 saturated carbocycles. The van der Waals surface area contributed by atoms with Crippen molar-refractivity contribution in [3.63, 3.8) is 0 Å².